The lowest BCUT2D eigenvalue weighted by Gasteiger charge is -2.09. The molecule has 21 heavy (non-hydrogen) atoms. The zero-order chi connectivity index (χ0) is 15.4. The predicted octanol–water partition coefficient (Wildman–Crippen LogP) is 3.72. The average molecular weight is 301 g/mol. The molecule has 2 N–H and O–H groups in total. The van der Waals surface area contributed by atoms with Crippen LogP contribution in [0.1, 0.15) is 27.0 Å². The van der Waals surface area contributed by atoms with Crippen LogP contribution in [-0.4, -0.2) is 17.0 Å². The maximum Gasteiger partial charge on any atom is 0.328 e. The topological polar surface area (TPSA) is 66.4 Å². The number of carboxylic acids is 1. The van der Waals surface area contributed by atoms with E-state index in [4.69, 9.17) is 5.11 Å². The van der Waals surface area contributed by atoms with Crippen molar-refractivity contribution < 1.29 is 14.7 Å². The zero-order valence-corrected chi connectivity index (χ0v) is 12.5. The first-order chi connectivity index (χ1) is 9.97. The Morgan fingerprint density at radius 3 is 2.52 bits per heavy atom. The van der Waals surface area contributed by atoms with E-state index in [1.54, 1.807) is 12.1 Å². The highest BCUT2D eigenvalue weighted by Crippen LogP contribution is 2.20. The van der Waals surface area contributed by atoms with Crippen molar-refractivity contribution in [3.8, 4) is 0 Å². The molecule has 108 valence electrons. The average Bonchev–Trinajstić information content (AvgIpc) is 2.85. The summed E-state index contributed by atoms with van der Waals surface area (Å²) in [6.07, 6.45) is 2.60. The number of rotatable bonds is 4. The first-order valence-electron chi connectivity index (χ1n) is 6.33. The van der Waals surface area contributed by atoms with E-state index in [1.165, 1.54) is 17.4 Å². The van der Waals surface area contributed by atoms with E-state index in [-0.39, 0.29) is 5.91 Å². The fourth-order valence-corrected chi connectivity index (χ4v) is 2.71. The van der Waals surface area contributed by atoms with Gasteiger partial charge in [-0.2, -0.15) is 11.3 Å². The van der Waals surface area contributed by atoms with Gasteiger partial charge in [0, 0.05) is 17.1 Å². The summed E-state index contributed by atoms with van der Waals surface area (Å²) in [5.41, 5.74) is 4.01. The standard InChI is InChI=1S/C16H15NO3S/c1-10-7-12(4-6-15(18)19)3-5-14(10)17-16(20)13-9-21-8-11(13)2/h3-9H,1-2H3,(H,17,20)(H,18,19). The largest absolute Gasteiger partial charge is 0.478 e. The summed E-state index contributed by atoms with van der Waals surface area (Å²) in [7, 11) is 0. The number of hydrogen-bond donors (Lipinski definition) is 2. The van der Waals surface area contributed by atoms with Crippen molar-refractivity contribution in [3.05, 3.63) is 57.3 Å². The Kier molecular flexibility index (Phi) is 4.55. The van der Waals surface area contributed by atoms with Crippen LogP contribution in [0.15, 0.2) is 35.0 Å². The maximum absolute atomic E-state index is 12.2. The Morgan fingerprint density at radius 1 is 1.19 bits per heavy atom. The molecule has 0 atom stereocenters. The van der Waals surface area contributed by atoms with E-state index in [2.05, 4.69) is 5.32 Å². The third-order valence-electron chi connectivity index (χ3n) is 3.02. The van der Waals surface area contributed by atoms with Gasteiger partial charge in [0.25, 0.3) is 5.91 Å². The number of carboxylic acid groups (broad SMARTS) is 1. The number of amides is 1. The van der Waals surface area contributed by atoms with Gasteiger partial charge in [-0.05, 0) is 54.1 Å². The van der Waals surface area contributed by atoms with Crippen LogP contribution in [-0.2, 0) is 4.79 Å². The number of nitrogens with one attached hydrogen (secondary N) is 1. The minimum Gasteiger partial charge on any atom is -0.478 e. The van der Waals surface area contributed by atoms with Crippen LogP contribution in [0.4, 0.5) is 5.69 Å². The summed E-state index contributed by atoms with van der Waals surface area (Å²) in [6.45, 7) is 3.77. The Hall–Kier alpha value is -2.40. The second-order valence-electron chi connectivity index (χ2n) is 4.67. The zero-order valence-electron chi connectivity index (χ0n) is 11.7. The molecule has 0 saturated carbocycles. The molecule has 0 bridgehead atoms. The van der Waals surface area contributed by atoms with Crippen LogP contribution >= 0.6 is 11.3 Å². The highest BCUT2D eigenvalue weighted by atomic mass is 32.1. The van der Waals surface area contributed by atoms with Gasteiger partial charge in [0.15, 0.2) is 0 Å². The van der Waals surface area contributed by atoms with Crippen LogP contribution in [0.2, 0.25) is 0 Å². The van der Waals surface area contributed by atoms with Crippen molar-refractivity contribution >= 4 is 35.0 Å². The van der Waals surface area contributed by atoms with E-state index < -0.39 is 5.97 Å². The predicted molar refractivity (Wildman–Crippen MR) is 84.9 cm³/mol. The molecule has 1 heterocycles. The van der Waals surface area contributed by atoms with Crippen LogP contribution < -0.4 is 5.32 Å². The molecule has 2 rings (SSSR count). The van der Waals surface area contributed by atoms with Gasteiger partial charge in [-0.1, -0.05) is 6.07 Å². The number of aryl methyl sites for hydroxylation is 2. The summed E-state index contributed by atoms with van der Waals surface area (Å²) in [5.74, 6) is -1.12. The molecule has 0 spiro atoms. The lowest BCUT2D eigenvalue weighted by Crippen LogP contribution is -2.12. The van der Waals surface area contributed by atoms with Crippen molar-refractivity contribution in [1.29, 1.82) is 0 Å². The molecule has 0 aliphatic rings. The smallest absolute Gasteiger partial charge is 0.328 e. The number of carbonyl (C=O) groups excluding carboxylic acids is 1. The molecule has 0 aliphatic carbocycles. The van der Waals surface area contributed by atoms with Crippen LogP contribution in [0.5, 0.6) is 0 Å². The van der Waals surface area contributed by atoms with E-state index >= 15 is 0 Å². The number of aliphatic carboxylic acids is 1. The molecule has 1 amide bonds. The quantitative estimate of drug-likeness (QED) is 0.846. The van der Waals surface area contributed by atoms with Gasteiger partial charge in [-0.25, -0.2) is 4.79 Å². The molecular weight excluding hydrogens is 286 g/mol. The summed E-state index contributed by atoms with van der Waals surface area (Å²) in [5, 5.41) is 15.2. The van der Waals surface area contributed by atoms with E-state index in [9.17, 15) is 9.59 Å². The number of thiophene rings is 1. The minimum absolute atomic E-state index is 0.134. The molecule has 0 unspecified atom stereocenters. The van der Waals surface area contributed by atoms with Crippen molar-refractivity contribution in [2.24, 2.45) is 0 Å². The first-order valence-corrected chi connectivity index (χ1v) is 7.27. The Labute approximate surface area is 126 Å². The van der Waals surface area contributed by atoms with Crippen LogP contribution in [0.3, 0.4) is 0 Å². The van der Waals surface area contributed by atoms with E-state index in [0.717, 1.165) is 28.5 Å². The van der Waals surface area contributed by atoms with Gasteiger partial charge in [0.1, 0.15) is 0 Å². The fraction of sp³-hybridized carbons (Fsp3) is 0.125. The van der Waals surface area contributed by atoms with Crippen molar-refractivity contribution in [2.75, 3.05) is 5.32 Å². The molecular formula is C16H15NO3S. The van der Waals surface area contributed by atoms with Gasteiger partial charge in [-0.3, -0.25) is 4.79 Å². The molecule has 0 fully saturated rings. The molecule has 0 saturated heterocycles. The Balaban J connectivity index is 2.16. The van der Waals surface area contributed by atoms with Crippen molar-refractivity contribution in [1.82, 2.24) is 0 Å². The van der Waals surface area contributed by atoms with Gasteiger partial charge in [-0.15, -0.1) is 0 Å². The normalized spacial score (nSPS) is 10.8. The second kappa shape index (κ2) is 6.37. The lowest BCUT2D eigenvalue weighted by atomic mass is 10.1. The summed E-state index contributed by atoms with van der Waals surface area (Å²) in [6, 6.07) is 5.37. The molecule has 4 nitrogen and oxygen atoms in total. The first kappa shape index (κ1) is 15.0. The van der Waals surface area contributed by atoms with Crippen LogP contribution in [0.25, 0.3) is 6.08 Å². The second-order valence-corrected chi connectivity index (χ2v) is 5.41. The maximum atomic E-state index is 12.2. The van der Waals surface area contributed by atoms with Crippen molar-refractivity contribution in [3.63, 3.8) is 0 Å². The molecule has 1 aromatic heterocycles. The number of hydrogen-bond acceptors (Lipinski definition) is 3. The summed E-state index contributed by atoms with van der Waals surface area (Å²) in [4.78, 5) is 22.6. The molecule has 0 aliphatic heterocycles. The number of benzene rings is 1. The van der Waals surface area contributed by atoms with E-state index in [0.29, 0.717) is 5.56 Å². The monoisotopic (exact) mass is 301 g/mol. The minimum atomic E-state index is -0.988. The summed E-state index contributed by atoms with van der Waals surface area (Å²) >= 11 is 1.50. The number of carbonyl (C=O) groups is 2. The molecule has 0 radical (unpaired) electrons. The Bertz CT molecular complexity index is 716. The van der Waals surface area contributed by atoms with Gasteiger partial charge in [0.2, 0.25) is 0 Å². The highest BCUT2D eigenvalue weighted by molar-refractivity contribution is 7.08. The SMILES string of the molecule is Cc1cc(C=CC(=O)O)ccc1NC(=O)c1cscc1C. The summed E-state index contributed by atoms with van der Waals surface area (Å²) < 4.78 is 0. The molecule has 5 heteroatoms. The van der Waals surface area contributed by atoms with E-state index in [1.807, 2.05) is 30.7 Å². The molecule has 2 aromatic rings. The molecule has 1 aromatic carbocycles. The Morgan fingerprint density at radius 2 is 1.95 bits per heavy atom. The number of anilines is 1. The third kappa shape index (κ3) is 3.79. The van der Waals surface area contributed by atoms with Gasteiger partial charge >= 0.3 is 5.97 Å². The lowest BCUT2D eigenvalue weighted by molar-refractivity contribution is -0.131. The third-order valence-corrected chi connectivity index (χ3v) is 3.88. The highest BCUT2D eigenvalue weighted by Gasteiger charge is 2.11. The van der Waals surface area contributed by atoms with Crippen molar-refractivity contribution in [2.45, 2.75) is 13.8 Å². The fourth-order valence-electron chi connectivity index (χ4n) is 1.88. The van der Waals surface area contributed by atoms with Gasteiger partial charge in [0.05, 0.1) is 5.56 Å². The van der Waals surface area contributed by atoms with Gasteiger partial charge < -0.3 is 10.4 Å². The van der Waals surface area contributed by atoms with Crippen LogP contribution in [0, 0.1) is 13.8 Å².